The molecule has 0 aliphatic rings. The first-order valence-corrected chi connectivity index (χ1v) is 8.24. The van der Waals surface area contributed by atoms with Crippen LogP contribution in [0.3, 0.4) is 0 Å². The summed E-state index contributed by atoms with van der Waals surface area (Å²) in [4.78, 5) is 12.5. The second-order valence-corrected chi connectivity index (χ2v) is 6.56. The maximum atomic E-state index is 12.5. The zero-order chi connectivity index (χ0) is 17.4. The number of hydrogen-bond acceptors (Lipinski definition) is 3. The van der Waals surface area contributed by atoms with Gasteiger partial charge in [0.05, 0.1) is 12.5 Å². The molecule has 2 atom stereocenters. The molecular formula is C16H24ClN3O2S. The van der Waals surface area contributed by atoms with Gasteiger partial charge in [-0.25, -0.2) is 0 Å². The number of thiocarbonyl (C=S) groups is 1. The number of hydrogen-bond donors (Lipinski definition) is 3. The fourth-order valence-electron chi connectivity index (χ4n) is 2.26. The summed E-state index contributed by atoms with van der Waals surface area (Å²) in [6, 6.07) is 7.35. The average Bonchev–Trinajstić information content (AvgIpc) is 2.47. The number of carbonyl (C=O) groups excluding carboxylic acids is 1. The van der Waals surface area contributed by atoms with E-state index in [1.165, 1.54) is 0 Å². The third-order valence-corrected chi connectivity index (χ3v) is 3.74. The lowest BCUT2D eigenvalue weighted by atomic mass is 9.88. The molecule has 0 aromatic heterocycles. The molecule has 0 fully saturated rings. The Bertz CT molecular complexity index is 523. The summed E-state index contributed by atoms with van der Waals surface area (Å²) < 4.78 is 5.02. The normalized spacial score (nSPS) is 13.3. The lowest BCUT2D eigenvalue weighted by Gasteiger charge is -2.22. The molecule has 128 valence electrons. The van der Waals surface area contributed by atoms with E-state index in [-0.39, 0.29) is 23.8 Å². The van der Waals surface area contributed by atoms with E-state index < -0.39 is 0 Å². The highest BCUT2D eigenvalue weighted by Gasteiger charge is 2.24. The second kappa shape index (κ2) is 9.70. The van der Waals surface area contributed by atoms with Crippen LogP contribution in [0.25, 0.3) is 0 Å². The van der Waals surface area contributed by atoms with Crippen LogP contribution in [0, 0.1) is 5.92 Å². The number of amides is 1. The van der Waals surface area contributed by atoms with Gasteiger partial charge < -0.3 is 10.1 Å². The molecule has 3 N–H and O–H groups in total. The SMILES string of the molecule is COC[C@H](C)NC(=S)NNC(=O)[C@@H](c1ccc(Cl)cc1)C(C)C. The molecule has 1 rings (SSSR count). The zero-order valence-corrected chi connectivity index (χ0v) is 15.4. The molecule has 1 aromatic rings. The van der Waals surface area contributed by atoms with Crippen molar-refractivity contribution in [2.75, 3.05) is 13.7 Å². The maximum absolute atomic E-state index is 12.5. The molecule has 1 aromatic carbocycles. The Balaban J connectivity index is 2.62. The molecule has 0 saturated carbocycles. The summed E-state index contributed by atoms with van der Waals surface area (Å²) in [5.41, 5.74) is 6.30. The molecule has 0 unspecified atom stereocenters. The van der Waals surface area contributed by atoms with Crippen molar-refractivity contribution in [3.8, 4) is 0 Å². The standard InChI is InChI=1S/C16H24ClN3O2S/c1-10(2)14(12-5-7-13(17)8-6-12)15(21)19-20-16(23)18-11(3)9-22-4/h5-8,10-11,14H,9H2,1-4H3,(H,19,21)(H2,18,20,23)/t11-,14+/m0/s1. The highest BCUT2D eigenvalue weighted by molar-refractivity contribution is 7.80. The van der Waals surface area contributed by atoms with Gasteiger partial charge in [0, 0.05) is 18.2 Å². The van der Waals surface area contributed by atoms with Crippen molar-refractivity contribution in [3.05, 3.63) is 34.9 Å². The number of nitrogens with one attached hydrogen (secondary N) is 3. The van der Waals surface area contributed by atoms with Crippen LogP contribution in [0.4, 0.5) is 0 Å². The Morgan fingerprint density at radius 1 is 1.22 bits per heavy atom. The van der Waals surface area contributed by atoms with Gasteiger partial charge in [-0.2, -0.15) is 0 Å². The van der Waals surface area contributed by atoms with Crippen molar-refractivity contribution in [3.63, 3.8) is 0 Å². The Hall–Kier alpha value is -1.37. The van der Waals surface area contributed by atoms with E-state index in [9.17, 15) is 4.79 Å². The third kappa shape index (κ3) is 6.72. The van der Waals surface area contributed by atoms with Crippen molar-refractivity contribution < 1.29 is 9.53 Å². The molecule has 23 heavy (non-hydrogen) atoms. The third-order valence-electron chi connectivity index (χ3n) is 3.27. The van der Waals surface area contributed by atoms with Gasteiger partial charge in [0.2, 0.25) is 5.91 Å². The molecular weight excluding hydrogens is 334 g/mol. The Kier molecular flexibility index (Phi) is 8.30. The molecule has 0 aliphatic carbocycles. The molecule has 0 radical (unpaired) electrons. The molecule has 0 saturated heterocycles. The van der Waals surface area contributed by atoms with E-state index >= 15 is 0 Å². The van der Waals surface area contributed by atoms with Crippen LogP contribution < -0.4 is 16.2 Å². The fourth-order valence-corrected chi connectivity index (χ4v) is 2.64. The van der Waals surface area contributed by atoms with E-state index in [0.717, 1.165) is 5.56 Å². The van der Waals surface area contributed by atoms with Crippen LogP contribution in [-0.2, 0) is 9.53 Å². The van der Waals surface area contributed by atoms with Gasteiger partial charge in [-0.15, -0.1) is 0 Å². The molecule has 0 bridgehead atoms. The van der Waals surface area contributed by atoms with Gasteiger partial charge in [0.15, 0.2) is 5.11 Å². The van der Waals surface area contributed by atoms with E-state index in [4.69, 9.17) is 28.6 Å². The zero-order valence-electron chi connectivity index (χ0n) is 13.9. The second-order valence-electron chi connectivity index (χ2n) is 5.72. The van der Waals surface area contributed by atoms with E-state index in [1.54, 1.807) is 19.2 Å². The first kappa shape index (κ1) is 19.7. The Labute approximate surface area is 148 Å². The van der Waals surface area contributed by atoms with Crippen LogP contribution in [0.1, 0.15) is 32.3 Å². The number of benzene rings is 1. The van der Waals surface area contributed by atoms with Crippen molar-refractivity contribution in [2.45, 2.75) is 32.7 Å². The predicted molar refractivity (Wildman–Crippen MR) is 97.4 cm³/mol. The van der Waals surface area contributed by atoms with Crippen LogP contribution in [-0.4, -0.2) is 30.8 Å². The first-order chi connectivity index (χ1) is 10.8. The highest BCUT2D eigenvalue weighted by Crippen LogP contribution is 2.25. The maximum Gasteiger partial charge on any atom is 0.246 e. The molecule has 0 aliphatic heterocycles. The average molecular weight is 358 g/mol. The van der Waals surface area contributed by atoms with Crippen LogP contribution >= 0.6 is 23.8 Å². The van der Waals surface area contributed by atoms with Gasteiger partial charge in [-0.05, 0) is 42.8 Å². The van der Waals surface area contributed by atoms with Gasteiger partial charge >= 0.3 is 0 Å². The monoisotopic (exact) mass is 357 g/mol. The Morgan fingerprint density at radius 3 is 2.35 bits per heavy atom. The summed E-state index contributed by atoms with van der Waals surface area (Å²) in [7, 11) is 1.62. The summed E-state index contributed by atoms with van der Waals surface area (Å²) in [6.45, 7) is 6.45. The lowest BCUT2D eigenvalue weighted by Crippen LogP contribution is -2.51. The molecule has 7 heteroatoms. The number of methoxy groups -OCH3 is 1. The van der Waals surface area contributed by atoms with Gasteiger partial charge in [0.25, 0.3) is 0 Å². The minimum atomic E-state index is -0.293. The van der Waals surface area contributed by atoms with Crippen LogP contribution in [0.2, 0.25) is 5.02 Å². The largest absolute Gasteiger partial charge is 0.383 e. The molecule has 1 amide bonds. The summed E-state index contributed by atoms with van der Waals surface area (Å²) in [6.07, 6.45) is 0. The van der Waals surface area contributed by atoms with E-state index in [1.807, 2.05) is 32.9 Å². The number of ether oxygens (including phenoxy) is 1. The molecule has 0 spiro atoms. The number of halogens is 1. The smallest absolute Gasteiger partial charge is 0.246 e. The lowest BCUT2D eigenvalue weighted by molar-refractivity contribution is -0.124. The number of hydrazine groups is 1. The highest BCUT2D eigenvalue weighted by atomic mass is 35.5. The van der Waals surface area contributed by atoms with Crippen LogP contribution in [0.5, 0.6) is 0 Å². The van der Waals surface area contributed by atoms with Gasteiger partial charge in [0.1, 0.15) is 0 Å². The van der Waals surface area contributed by atoms with Crippen molar-refractivity contribution >= 4 is 34.8 Å². The summed E-state index contributed by atoms with van der Waals surface area (Å²) in [5.74, 6) is -0.309. The number of rotatable bonds is 6. The van der Waals surface area contributed by atoms with E-state index in [2.05, 4.69) is 16.2 Å². The van der Waals surface area contributed by atoms with Crippen molar-refractivity contribution in [1.29, 1.82) is 0 Å². The van der Waals surface area contributed by atoms with Gasteiger partial charge in [-0.1, -0.05) is 37.6 Å². The first-order valence-electron chi connectivity index (χ1n) is 7.46. The minimum absolute atomic E-state index is 0.0501. The minimum Gasteiger partial charge on any atom is -0.383 e. The van der Waals surface area contributed by atoms with Gasteiger partial charge in [-0.3, -0.25) is 15.6 Å². The fraction of sp³-hybridized carbons (Fsp3) is 0.500. The van der Waals surface area contributed by atoms with Crippen molar-refractivity contribution in [1.82, 2.24) is 16.2 Å². The topological polar surface area (TPSA) is 62.4 Å². The number of carbonyl (C=O) groups is 1. The van der Waals surface area contributed by atoms with Crippen molar-refractivity contribution in [2.24, 2.45) is 5.92 Å². The summed E-state index contributed by atoms with van der Waals surface area (Å²) in [5, 5.41) is 4.01. The Morgan fingerprint density at radius 2 is 1.83 bits per heavy atom. The molecule has 0 heterocycles. The molecule has 5 nitrogen and oxygen atoms in total. The quantitative estimate of drug-likeness (QED) is 0.539. The predicted octanol–water partition coefficient (Wildman–Crippen LogP) is 2.61. The van der Waals surface area contributed by atoms with E-state index in [0.29, 0.717) is 16.7 Å². The van der Waals surface area contributed by atoms with Crippen LogP contribution in [0.15, 0.2) is 24.3 Å². The summed E-state index contributed by atoms with van der Waals surface area (Å²) >= 11 is 11.0.